The average Bonchev–Trinajstić information content (AvgIpc) is 3.35. The quantitative estimate of drug-likeness (QED) is 0.243. The molecule has 1 amide bonds. The van der Waals surface area contributed by atoms with Gasteiger partial charge in [0.05, 0.1) is 17.9 Å². The van der Waals surface area contributed by atoms with Crippen molar-refractivity contribution in [1.29, 1.82) is 0 Å². The van der Waals surface area contributed by atoms with Crippen LogP contribution in [0, 0.1) is 11.6 Å². The third kappa shape index (κ3) is 6.74. The fourth-order valence-corrected chi connectivity index (χ4v) is 5.80. The fourth-order valence-electron chi connectivity index (χ4n) is 4.75. The van der Waals surface area contributed by atoms with Gasteiger partial charge < -0.3 is 4.74 Å². The number of amides is 1. The van der Waals surface area contributed by atoms with Crippen molar-refractivity contribution in [3.63, 3.8) is 0 Å². The molecule has 38 heavy (non-hydrogen) atoms. The zero-order valence-electron chi connectivity index (χ0n) is 20.9. The second kappa shape index (κ2) is 13.2. The minimum atomic E-state index is -0.718. The van der Waals surface area contributed by atoms with E-state index in [4.69, 9.17) is 4.74 Å². The minimum Gasteiger partial charge on any atom is -0.379 e. The molecule has 0 saturated carbocycles. The van der Waals surface area contributed by atoms with Crippen molar-refractivity contribution in [1.82, 2.24) is 9.88 Å². The zero-order valence-corrected chi connectivity index (χ0v) is 22.5. The van der Waals surface area contributed by atoms with Crippen LogP contribution in [0.2, 0.25) is 0 Å². The number of ether oxygens (including phenoxy) is 1. The number of rotatable bonds is 9. The van der Waals surface area contributed by atoms with Crippen LogP contribution in [0.3, 0.4) is 0 Å². The highest BCUT2D eigenvalue weighted by atomic mass is 35.5. The van der Waals surface area contributed by atoms with Crippen molar-refractivity contribution in [2.75, 3.05) is 44.3 Å². The van der Waals surface area contributed by atoms with Crippen LogP contribution in [0.1, 0.15) is 29.9 Å². The fraction of sp³-hybridized carbons (Fsp3) is 0.310. The summed E-state index contributed by atoms with van der Waals surface area (Å²) in [6, 6.07) is 22.0. The Balaban J connectivity index is 0.00000336. The Labute approximate surface area is 231 Å². The number of hydrogen-bond donors (Lipinski definition) is 0. The first kappa shape index (κ1) is 28.1. The third-order valence-electron chi connectivity index (χ3n) is 6.68. The topological polar surface area (TPSA) is 45.7 Å². The monoisotopic (exact) mass is 557 g/mol. The summed E-state index contributed by atoms with van der Waals surface area (Å²) in [5.74, 6) is -1.61. The first-order valence-corrected chi connectivity index (χ1v) is 13.4. The van der Waals surface area contributed by atoms with E-state index in [9.17, 15) is 13.6 Å². The van der Waals surface area contributed by atoms with Gasteiger partial charge in [-0.1, -0.05) is 72.0 Å². The second-order valence-corrected chi connectivity index (χ2v) is 10.2. The van der Waals surface area contributed by atoms with Gasteiger partial charge in [0.15, 0.2) is 10.9 Å². The van der Waals surface area contributed by atoms with Gasteiger partial charge in [-0.15, -0.1) is 12.4 Å². The van der Waals surface area contributed by atoms with E-state index in [-0.39, 0.29) is 36.2 Å². The molecular weight excluding hydrogens is 528 g/mol. The van der Waals surface area contributed by atoms with Crippen LogP contribution < -0.4 is 4.90 Å². The SMILES string of the molecule is Cl.O=C(CC(c1ccccc1)c1ccccc1)N(CCCN1CCOCC1)c1nc2c(F)cc(F)cc2s1. The van der Waals surface area contributed by atoms with E-state index in [0.717, 1.165) is 54.6 Å². The zero-order chi connectivity index (χ0) is 25.6. The first-order chi connectivity index (χ1) is 18.1. The van der Waals surface area contributed by atoms with E-state index in [0.29, 0.717) is 29.6 Å². The molecule has 3 aromatic carbocycles. The van der Waals surface area contributed by atoms with E-state index >= 15 is 0 Å². The molecule has 4 aromatic rings. The van der Waals surface area contributed by atoms with Gasteiger partial charge in [0, 0.05) is 44.6 Å². The molecule has 0 atom stereocenters. The molecule has 5 nitrogen and oxygen atoms in total. The number of benzene rings is 3. The van der Waals surface area contributed by atoms with Crippen LogP contribution in [-0.4, -0.2) is 55.2 Å². The molecule has 0 bridgehead atoms. The summed E-state index contributed by atoms with van der Waals surface area (Å²) < 4.78 is 34.1. The molecule has 200 valence electrons. The van der Waals surface area contributed by atoms with Gasteiger partial charge in [0.1, 0.15) is 11.3 Å². The number of morpholine rings is 1. The lowest BCUT2D eigenvalue weighted by Gasteiger charge is -2.28. The molecule has 1 aliphatic rings. The lowest BCUT2D eigenvalue weighted by Crippen LogP contribution is -2.39. The molecule has 0 aliphatic carbocycles. The largest absolute Gasteiger partial charge is 0.379 e. The number of carbonyl (C=O) groups excluding carboxylic acids is 1. The Morgan fingerprint density at radius 2 is 1.63 bits per heavy atom. The molecule has 0 spiro atoms. The Morgan fingerprint density at radius 1 is 1.00 bits per heavy atom. The van der Waals surface area contributed by atoms with Crippen LogP contribution in [0.4, 0.5) is 13.9 Å². The summed E-state index contributed by atoms with van der Waals surface area (Å²) in [6.45, 7) is 4.41. The third-order valence-corrected chi connectivity index (χ3v) is 7.70. The normalized spacial score (nSPS) is 14.0. The number of anilines is 1. The summed E-state index contributed by atoms with van der Waals surface area (Å²) in [4.78, 5) is 22.3. The standard InChI is InChI=1S/C29H29F2N3O2S.ClH/c30-23-18-25(31)28-26(19-23)37-29(32-28)34(13-7-12-33-14-16-36-17-15-33)27(35)20-24(21-8-3-1-4-9-21)22-10-5-2-6-11-22;/h1-6,8-11,18-19,24H,7,12-17,20H2;1H. The molecule has 5 rings (SSSR count). The highest BCUT2D eigenvalue weighted by Gasteiger charge is 2.26. The van der Waals surface area contributed by atoms with Crippen LogP contribution in [0.15, 0.2) is 72.8 Å². The number of halogens is 3. The maximum Gasteiger partial charge on any atom is 0.229 e. The maximum atomic E-state index is 14.5. The van der Waals surface area contributed by atoms with Gasteiger partial charge in [0.25, 0.3) is 0 Å². The van der Waals surface area contributed by atoms with Crippen molar-refractivity contribution in [2.45, 2.75) is 18.8 Å². The highest BCUT2D eigenvalue weighted by Crippen LogP contribution is 2.34. The van der Waals surface area contributed by atoms with E-state index in [1.54, 1.807) is 4.90 Å². The number of aromatic nitrogens is 1. The molecule has 2 heterocycles. The van der Waals surface area contributed by atoms with E-state index < -0.39 is 11.6 Å². The lowest BCUT2D eigenvalue weighted by atomic mass is 9.88. The van der Waals surface area contributed by atoms with Crippen LogP contribution >= 0.6 is 23.7 Å². The van der Waals surface area contributed by atoms with Gasteiger partial charge in [-0.05, 0) is 23.6 Å². The summed E-state index contributed by atoms with van der Waals surface area (Å²) in [5.41, 5.74) is 2.19. The second-order valence-electron chi connectivity index (χ2n) is 9.16. The first-order valence-electron chi connectivity index (χ1n) is 12.5. The molecule has 0 N–H and O–H groups in total. The van der Waals surface area contributed by atoms with Crippen molar-refractivity contribution in [3.8, 4) is 0 Å². The van der Waals surface area contributed by atoms with Crippen molar-refractivity contribution >= 4 is 45.0 Å². The maximum absolute atomic E-state index is 14.5. The Morgan fingerprint density at radius 3 is 2.26 bits per heavy atom. The number of fused-ring (bicyclic) bond motifs is 1. The van der Waals surface area contributed by atoms with Crippen LogP contribution in [-0.2, 0) is 9.53 Å². The molecule has 9 heteroatoms. The van der Waals surface area contributed by atoms with Gasteiger partial charge in [0.2, 0.25) is 5.91 Å². The predicted molar refractivity (Wildman–Crippen MR) is 150 cm³/mol. The highest BCUT2D eigenvalue weighted by molar-refractivity contribution is 7.22. The van der Waals surface area contributed by atoms with Crippen LogP contribution in [0.25, 0.3) is 10.2 Å². The lowest BCUT2D eigenvalue weighted by molar-refractivity contribution is -0.118. The number of hydrogen-bond acceptors (Lipinski definition) is 5. The minimum absolute atomic E-state index is 0. The smallest absolute Gasteiger partial charge is 0.229 e. The van der Waals surface area contributed by atoms with Crippen molar-refractivity contribution < 1.29 is 18.3 Å². The molecule has 0 unspecified atom stereocenters. The van der Waals surface area contributed by atoms with Crippen molar-refractivity contribution in [2.24, 2.45) is 0 Å². The van der Waals surface area contributed by atoms with Crippen LogP contribution in [0.5, 0.6) is 0 Å². The Hall–Kier alpha value is -2.91. The van der Waals surface area contributed by atoms with E-state index in [2.05, 4.69) is 9.88 Å². The summed E-state index contributed by atoms with van der Waals surface area (Å²) in [6.07, 6.45) is 0.970. The summed E-state index contributed by atoms with van der Waals surface area (Å²) in [5, 5.41) is 0.395. The molecule has 1 fully saturated rings. The summed E-state index contributed by atoms with van der Waals surface area (Å²) >= 11 is 1.15. The number of nitrogens with zero attached hydrogens (tertiary/aromatic N) is 3. The van der Waals surface area contributed by atoms with Crippen molar-refractivity contribution in [3.05, 3.63) is 95.6 Å². The molecular formula is C29H30ClF2N3O2S. The van der Waals surface area contributed by atoms with Gasteiger partial charge in [-0.3, -0.25) is 14.6 Å². The Bertz CT molecular complexity index is 1290. The number of thiazole rings is 1. The Kier molecular flexibility index (Phi) is 9.80. The molecule has 1 saturated heterocycles. The van der Waals surface area contributed by atoms with Gasteiger partial charge >= 0.3 is 0 Å². The van der Waals surface area contributed by atoms with Gasteiger partial charge in [-0.25, -0.2) is 13.8 Å². The number of carbonyl (C=O) groups is 1. The molecule has 1 aromatic heterocycles. The average molecular weight is 558 g/mol. The summed E-state index contributed by atoms with van der Waals surface area (Å²) in [7, 11) is 0. The van der Waals surface area contributed by atoms with E-state index in [1.165, 1.54) is 6.07 Å². The van der Waals surface area contributed by atoms with Gasteiger partial charge in [-0.2, -0.15) is 0 Å². The van der Waals surface area contributed by atoms with E-state index in [1.807, 2.05) is 60.7 Å². The molecule has 1 aliphatic heterocycles. The predicted octanol–water partition coefficient (Wildman–Crippen LogP) is 6.27. The molecule has 0 radical (unpaired) electrons.